The van der Waals surface area contributed by atoms with Crippen LogP contribution in [0.5, 0.6) is 0 Å². The molecule has 6 heteroatoms. The zero-order valence-corrected chi connectivity index (χ0v) is 18.1. The molecule has 0 spiro atoms. The Labute approximate surface area is 185 Å². The van der Waals surface area contributed by atoms with Gasteiger partial charge in [-0.15, -0.1) is 22.0 Å². The maximum atomic E-state index is 12.4. The normalized spacial score (nSPS) is 13.5. The number of hydrogen-bond acceptors (Lipinski definition) is 4. The van der Waals surface area contributed by atoms with Crippen LogP contribution in [-0.4, -0.2) is 26.4 Å². The summed E-state index contributed by atoms with van der Waals surface area (Å²) in [5.74, 6) is 2.36. The van der Waals surface area contributed by atoms with Crippen LogP contribution in [0.2, 0.25) is 0 Å². The summed E-state index contributed by atoms with van der Waals surface area (Å²) in [6.07, 6.45) is 4.59. The van der Waals surface area contributed by atoms with Crippen molar-refractivity contribution >= 4 is 34.1 Å². The number of nitrogens with zero attached hydrogens (tertiary/aromatic N) is 3. The third-order valence-corrected chi connectivity index (χ3v) is 6.62. The molecule has 5 rings (SSSR count). The molecule has 1 aliphatic heterocycles. The molecule has 0 fully saturated rings. The molecule has 1 aromatic heterocycles. The largest absolute Gasteiger partial charge is 0.325 e. The molecule has 0 unspecified atom stereocenters. The van der Waals surface area contributed by atoms with E-state index in [1.807, 2.05) is 36.4 Å². The lowest BCUT2D eigenvalue weighted by atomic mass is 10.1. The van der Waals surface area contributed by atoms with Gasteiger partial charge in [-0.2, -0.15) is 0 Å². The first kappa shape index (κ1) is 19.8. The van der Waals surface area contributed by atoms with Gasteiger partial charge in [-0.25, -0.2) is 0 Å². The molecule has 0 atom stereocenters. The van der Waals surface area contributed by atoms with Crippen LogP contribution in [0.4, 0.5) is 5.69 Å². The molecular weight excluding hydrogens is 404 g/mol. The topological polar surface area (TPSA) is 59.8 Å². The minimum atomic E-state index is -0.0118. The van der Waals surface area contributed by atoms with Crippen molar-refractivity contribution < 1.29 is 4.79 Å². The summed E-state index contributed by atoms with van der Waals surface area (Å²) in [5, 5.41) is 14.2. The maximum Gasteiger partial charge on any atom is 0.234 e. The third kappa shape index (κ3) is 4.49. The van der Waals surface area contributed by atoms with Crippen molar-refractivity contribution in [3.8, 4) is 11.4 Å². The van der Waals surface area contributed by atoms with Gasteiger partial charge in [0.05, 0.1) is 5.75 Å². The highest BCUT2D eigenvalue weighted by Crippen LogP contribution is 2.25. The van der Waals surface area contributed by atoms with Gasteiger partial charge < -0.3 is 9.88 Å². The Kier molecular flexibility index (Phi) is 5.71. The molecule has 156 valence electrons. The predicted octanol–water partition coefficient (Wildman–Crippen LogP) is 5.56. The molecular formula is C25H24N4OS. The molecule has 31 heavy (non-hydrogen) atoms. The number of anilines is 1. The van der Waals surface area contributed by atoms with Crippen LogP contribution in [0.25, 0.3) is 22.2 Å². The first-order chi connectivity index (χ1) is 15.3. The average Bonchev–Trinajstić information content (AvgIpc) is 3.06. The van der Waals surface area contributed by atoms with E-state index in [0.717, 1.165) is 40.8 Å². The van der Waals surface area contributed by atoms with Crippen molar-refractivity contribution in [2.75, 3.05) is 11.1 Å². The Morgan fingerprint density at radius 3 is 2.65 bits per heavy atom. The highest BCUT2D eigenvalue weighted by Gasteiger charge is 2.16. The zero-order valence-electron chi connectivity index (χ0n) is 17.3. The Bertz CT molecular complexity index is 1220. The van der Waals surface area contributed by atoms with E-state index in [2.05, 4.69) is 50.4 Å². The number of aryl methyl sites for hydroxylation is 1. The molecule has 0 aliphatic carbocycles. The van der Waals surface area contributed by atoms with Crippen LogP contribution in [0.3, 0.4) is 0 Å². The second-order valence-electron chi connectivity index (χ2n) is 7.83. The van der Waals surface area contributed by atoms with Gasteiger partial charge in [0.15, 0.2) is 5.82 Å². The van der Waals surface area contributed by atoms with Crippen LogP contribution in [0, 0.1) is 0 Å². The summed E-state index contributed by atoms with van der Waals surface area (Å²) in [7, 11) is 0. The average molecular weight is 429 g/mol. The van der Waals surface area contributed by atoms with E-state index >= 15 is 0 Å². The lowest BCUT2D eigenvalue weighted by Gasteiger charge is -2.09. The van der Waals surface area contributed by atoms with Gasteiger partial charge in [-0.05, 0) is 60.0 Å². The Morgan fingerprint density at radius 1 is 0.935 bits per heavy atom. The lowest BCUT2D eigenvalue weighted by molar-refractivity contribution is -0.113. The van der Waals surface area contributed by atoms with Crippen molar-refractivity contribution in [1.82, 2.24) is 14.8 Å². The van der Waals surface area contributed by atoms with E-state index in [1.165, 1.54) is 30.0 Å². The van der Waals surface area contributed by atoms with Crippen LogP contribution in [0.15, 0.2) is 71.6 Å². The van der Waals surface area contributed by atoms with Gasteiger partial charge in [0, 0.05) is 29.1 Å². The minimum Gasteiger partial charge on any atom is -0.325 e. The number of fused-ring (bicyclic) bond motifs is 2. The van der Waals surface area contributed by atoms with Gasteiger partial charge in [-0.1, -0.05) is 36.8 Å². The quantitative estimate of drug-likeness (QED) is 0.423. The van der Waals surface area contributed by atoms with E-state index in [0.29, 0.717) is 5.75 Å². The molecule has 0 radical (unpaired) electrons. The van der Waals surface area contributed by atoms with Crippen LogP contribution in [-0.2, 0) is 17.8 Å². The monoisotopic (exact) mass is 428 g/mol. The summed E-state index contributed by atoms with van der Waals surface area (Å²) >= 11 is 1.55. The lowest BCUT2D eigenvalue weighted by Crippen LogP contribution is -2.13. The van der Waals surface area contributed by atoms with Crippen molar-refractivity contribution in [2.24, 2.45) is 0 Å². The van der Waals surface area contributed by atoms with E-state index in [9.17, 15) is 4.79 Å². The molecule has 0 saturated heterocycles. The minimum absolute atomic E-state index is 0.0118. The summed E-state index contributed by atoms with van der Waals surface area (Å²) < 4.78 is 2.24. The Morgan fingerprint density at radius 2 is 1.77 bits per heavy atom. The van der Waals surface area contributed by atoms with E-state index in [4.69, 9.17) is 0 Å². The standard InChI is InChI=1S/C25H24N4OS/c30-24(17-31-22-14-11-18-6-3-4-7-20(18)16-22)26-21-12-9-19(10-13-21)25-28-27-23-8-2-1-5-15-29(23)25/h3-4,6-7,9-14,16H,1-2,5,8,15,17H2,(H,26,30). The van der Waals surface area contributed by atoms with Gasteiger partial charge >= 0.3 is 0 Å². The Hall–Kier alpha value is -3.12. The SMILES string of the molecule is O=C(CSc1ccc2ccccc2c1)Nc1ccc(-c2nnc3n2CCCCC3)cc1. The summed E-state index contributed by atoms with van der Waals surface area (Å²) in [6.45, 7) is 0.974. The number of carbonyl (C=O) groups is 1. The van der Waals surface area contributed by atoms with Gasteiger partial charge in [0.2, 0.25) is 5.91 Å². The summed E-state index contributed by atoms with van der Waals surface area (Å²) in [4.78, 5) is 13.5. The molecule has 5 nitrogen and oxygen atoms in total. The number of benzene rings is 3. The Balaban J connectivity index is 1.21. The van der Waals surface area contributed by atoms with Gasteiger partial charge in [0.25, 0.3) is 0 Å². The number of nitrogens with one attached hydrogen (secondary N) is 1. The molecule has 3 aromatic carbocycles. The van der Waals surface area contributed by atoms with E-state index < -0.39 is 0 Å². The zero-order chi connectivity index (χ0) is 21.0. The number of rotatable bonds is 5. The molecule has 1 N–H and O–H groups in total. The highest BCUT2D eigenvalue weighted by molar-refractivity contribution is 8.00. The van der Waals surface area contributed by atoms with Crippen molar-refractivity contribution in [1.29, 1.82) is 0 Å². The summed E-state index contributed by atoms with van der Waals surface area (Å²) in [5.41, 5.74) is 1.83. The second-order valence-corrected chi connectivity index (χ2v) is 8.87. The van der Waals surface area contributed by atoms with E-state index in [-0.39, 0.29) is 5.91 Å². The number of thioether (sulfide) groups is 1. The molecule has 4 aromatic rings. The van der Waals surface area contributed by atoms with Gasteiger partial charge in [-0.3, -0.25) is 4.79 Å². The number of carbonyl (C=O) groups excluding carboxylic acids is 1. The van der Waals surface area contributed by atoms with Crippen molar-refractivity contribution in [2.45, 2.75) is 37.1 Å². The predicted molar refractivity (Wildman–Crippen MR) is 126 cm³/mol. The first-order valence-corrected chi connectivity index (χ1v) is 11.7. The molecule has 1 amide bonds. The highest BCUT2D eigenvalue weighted by atomic mass is 32.2. The maximum absolute atomic E-state index is 12.4. The molecule has 1 aliphatic rings. The van der Waals surface area contributed by atoms with Crippen LogP contribution >= 0.6 is 11.8 Å². The molecule has 0 saturated carbocycles. The number of aromatic nitrogens is 3. The van der Waals surface area contributed by atoms with Crippen molar-refractivity contribution in [3.63, 3.8) is 0 Å². The third-order valence-electron chi connectivity index (χ3n) is 5.63. The number of hydrogen-bond donors (Lipinski definition) is 1. The van der Waals surface area contributed by atoms with E-state index in [1.54, 1.807) is 11.8 Å². The van der Waals surface area contributed by atoms with Crippen LogP contribution < -0.4 is 5.32 Å². The fraction of sp³-hybridized carbons (Fsp3) is 0.240. The first-order valence-electron chi connectivity index (χ1n) is 10.7. The van der Waals surface area contributed by atoms with Crippen molar-refractivity contribution in [3.05, 3.63) is 72.6 Å². The fourth-order valence-corrected chi connectivity index (χ4v) is 4.75. The second kappa shape index (κ2) is 8.94. The van der Waals surface area contributed by atoms with Crippen LogP contribution in [0.1, 0.15) is 25.1 Å². The molecule has 0 bridgehead atoms. The van der Waals surface area contributed by atoms with Gasteiger partial charge in [0.1, 0.15) is 5.82 Å². The smallest absolute Gasteiger partial charge is 0.234 e. The fourth-order valence-electron chi connectivity index (χ4n) is 4.00. The molecule has 2 heterocycles. The number of amides is 1. The summed E-state index contributed by atoms with van der Waals surface area (Å²) in [6, 6.07) is 22.4.